The van der Waals surface area contributed by atoms with Crippen LogP contribution in [0.4, 0.5) is 0 Å². The Morgan fingerprint density at radius 3 is 2.55 bits per heavy atom. The second-order valence-electron chi connectivity index (χ2n) is 4.81. The molecule has 0 aliphatic rings. The molecule has 2 aromatic carbocycles. The van der Waals surface area contributed by atoms with Gasteiger partial charge in [-0.15, -0.1) is 11.3 Å². The minimum absolute atomic E-state index is 0.575. The van der Waals surface area contributed by atoms with Crippen molar-refractivity contribution in [3.05, 3.63) is 65.0 Å². The van der Waals surface area contributed by atoms with Crippen LogP contribution in [0.2, 0.25) is 0 Å². The van der Waals surface area contributed by atoms with E-state index in [0.29, 0.717) is 6.54 Å². The van der Waals surface area contributed by atoms with Gasteiger partial charge in [0.25, 0.3) is 0 Å². The zero-order chi connectivity index (χ0) is 13.9. The number of thiazole rings is 1. The Bertz CT molecular complexity index is 714. The Kier molecular flexibility index (Phi) is 3.63. The molecule has 1 aromatic heterocycles. The third-order valence-corrected chi connectivity index (χ3v) is 4.15. The average molecular weight is 280 g/mol. The summed E-state index contributed by atoms with van der Waals surface area (Å²) in [5.41, 5.74) is 11.4. The molecule has 0 amide bonds. The van der Waals surface area contributed by atoms with Crippen LogP contribution in [0.25, 0.3) is 21.8 Å². The minimum Gasteiger partial charge on any atom is -0.326 e. The standard InChI is InChI=1S/C17H16N2S/c1-12-3-2-4-15(9-12)17-19-16(11-20-17)14-7-5-13(10-18)6-8-14/h2-9,11H,10,18H2,1H3. The van der Waals surface area contributed by atoms with E-state index in [4.69, 9.17) is 10.7 Å². The van der Waals surface area contributed by atoms with Crippen molar-refractivity contribution >= 4 is 11.3 Å². The van der Waals surface area contributed by atoms with E-state index in [1.807, 2.05) is 0 Å². The van der Waals surface area contributed by atoms with Crippen molar-refractivity contribution < 1.29 is 0 Å². The largest absolute Gasteiger partial charge is 0.326 e. The highest BCUT2D eigenvalue weighted by molar-refractivity contribution is 7.13. The summed E-state index contributed by atoms with van der Waals surface area (Å²) in [6, 6.07) is 16.7. The lowest BCUT2D eigenvalue weighted by Crippen LogP contribution is -1.95. The summed E-state index contributed by atoms with van der Waals surface area (Å²) in [5, 5.41) is 3.17. The normalized spacial score (nSPS) is 10.7. The van der Waals surface area contributed by atoms with Crippen LogP contribution in [0.1, 0.15) is 11.1 Å². The monoisotopic (exact) mass is 280 g/mol. The number of benzene rings is 2. The van der Waals surface area contributed by atoms with E-state index in [2.05, 4.69) is 60.8 Å². The maximum Gasteiger partial charge on any atom is 0.124 e. The fraction of sp³-hybridized carbons (Fsp3) is 0.118. The molecule has 0 radical (unpaired) electrons. The van der Waals surface area contributed by atoms with Crippen molar-refractivity contribution in [3.63, 3.8) is 0 Å². The molecule has 3 rings (SSSR count). The Morgan fingerprint density at radius 2 is 1.85 bits per heavy atom. The highest BCUT2D eigenvalue weighted by atomic mass is 32.1. The van der Waals surface area contributed by atoms with Gasteiger partial charge < -0.3 is 5.73 Å². The molecular weight excluding hydrogens is 264 g/mol. The van der Waals surface area contributed by atoms with E-state index in [-0.39, 0.29) is 0 Å². The SMILES string of the molecule is Cc1cccc(-c2nc(-c3ccc(CN)cc3)cs2)c1. The Hall–Kier alpha value is -1.97. The first kappa shape index (κ1) is 13.0. The first-order valence-corrected chi connectivity index (χ1v) is 7.46. The highest BCUT2D eigenvalue weighted by Crippen LogP contribution is 2.29. The van der Waals surface area contributed by atoms with Gasteiger partial charge in [-0.3, -0.25) is 0 Å². The molecule has 0 aliphatic heterocycles. The van der Waals surface area contributed by atoms with Crippen LogP contribution in [0.3, 0.4) is 0 Å². The van der Waals surface area contributed by atoms with Gasteiger partial charge in [0.15, 0.2) is 0 Å². The summed E-state index contributed by atoms with van der Waals surface area (Å²) >= 11 is 1.68. The van der Waals surface area contributed by atoms with Crippen LogP contribution in [-0.2, 0) is 6.54 Å². The van der Waals surface area contributed by atoms with Crippen molar-refractivity contribution in [1.82, 2.24) is 4.98 Å². The van der Waals surface area contributed by atoms with Crippen LogP contribution < -0.4 is 5.73 Å². The molecule has 3 aromatic rings. The van der Waals surface area contributed by atoms with Crippen LogP contribution in [0, 0.1) is 6.92 Å². The van der Waals surface area contributed by atoms with Gasteiger partial charge in [0.2, 0.25) is 0 Å². The number of rotatable bonds is 3. The lowest BCUT2D eigenvalue weighted by atomic mass is 10.1. The van der Waals surface area contributed by atoms with Gasteiger partial charge in [-0.1, -0.05) is 48.0 Å². The van der Waals surface area contributed by atoms with Crippen molar-refractivity contribution in [2.45, 2.75) is 13.5 Å². The first-order valence-electron chi connectivity index (χ1n) is 6.58. The lowest BCUT2D eigenvalue weighted by Gasteiger charge is -2.00. The summed E-state index contributed by atoms with van der Waals surface area (Å²) in [6.07, 6.45) is 0. The number of aryl methyl sites for hydroxylation is 1. The van der Waals surface area contributed by atoms with Crippen LogP contribution >= 0.6 is 11.3 Å². The predicted molar refractivity (Wildman–Crippen MR) is 85.6 cm³/mol. The molecule has 2 N–H and O–H groups in total. The van der Waals surface area contributed by atoms with Crippen molar-refractivity contribution in [2.75, 3.05) is 0 Å². The number of hydrogen-bond donors (Lipinski definition) is 1. The zero-order valence-electron chi connectivity index (χ0n) is 11.3. The van der Waals surface area contributed by atoms with E-state index in [1.54, 1.807) is 11.3 Å². The molecule has 0 aliphatic carbocycles. The molecule has 0 bridgehead atoms. The van der Waals surface area contributed by atoms with Crippen molar-refractivity contribution in [3.8, 4) is 21.8 Å². The van der Waals surface area contributed by atoms with E-state index in [9.17, 15) is 0 Å². The fourth-order valence-electron chi connectivity index (χ4n) is 2.13. The molecule has 20 heavy (non-hydrogen) atoms. The van der Waals surface area contributed by atoms with Crippen LogP contribution in [0.15, 0.2) is 53.9 Å². The molecule has 0 fully saturated rings. The molecule has 0 unspecified atom stereocenters. The predicted octanol–water partition coefficient (Wildman–Crippen LogP) is 4.24. The van der Waals surface area contributed by atoms with Gasteiger partial charge in [-0.2, -0.15) is 0 Å². The highest BCUT2D eigenvalue weighted by Gasteiger charge is 2.06. The first-order chi connectivity index (χ1) is 9.76. The summed E-state index contributed by atoms with van der Waals surface area (Å²) in [4.78, 5) is 4.73. The van der Waals surface area contributed by atoms with Crippen molar-refractivity contribution in [1.29, 1.82) is 0 Å². The third-order valence-electron chi connectivity index (χ3n) is 3.25. The van der Waals surface area contributed by atoms with Crippen LogP contribution in [0.5, 0.6) is 0 Å². The quantitative estimate of drug-likeness (QED) is 0.779. The molecular formula is C17H16N2S. The fourth-order valence-corrected chi connectivity index (χ4v) is 2.95. The molecule has 0 saturated heterocycles. The van der Waals surface area contributed by atoms with Crippen molar-refractivity contribution in [2.24, 2.45) is 5.73 Å². The summed E-state index contributed by atoms with van der Waals surface area (Å²) in [5.74, 6) is 0. The molecule has 0 spiro atoms. The number of aromatic nitrogens is 1. The average Bonchev–Trinajstić information content (AvgIpc) is 2.97. The lowest BCUT2D eigenvalue weighted by molar-refractivity contribution is 1.07. The van der Waals surface area contributed by atoms with E-state index >= 15 is 0 Å². The topological polar surface area (TPSA) is 38.9 Å². The molecule has 100 valence electrons. The third kappa shape index (κ3) is 2.64. The number of nitrogens with two attached hydrogens (primary N) is 1. The van der Waals surface area contributed by atoms with Gasteiger partial charge in [-0.25, -0.2) is 4.98 Å². The number of hydrogen-bond acceptors (Lipinski definition) is 3. The minimum atomic E-state index is 0.575. The van der Waals surface area contributed by atoms with Gasteiger partial charge >= 0.3 is 0 Å². The van der Waals surface area contributed by atoms with Gasteiger partial charge in [-0.05, 0) is 18.6 Å². The van der Waals surface area contributed by atoms with Gasteiger partial charge in [0.1, 0.15) is 5.01 Å². The van der Waals surface area contributed by atoms with Gasteiger partial charge in [0, 0.05) is 23.1 Å². The summed E-state index contributed by atoms with van der Waals surface area (Å²) in [7, 11) is 0. The molecule has 3 heteroatoms. The maximum atomic E-state index is 5.62. The second kappa shape index (κ2) is 5.57. The molecule has 1 heterocycles. The zero-order valence-corrected chi connectivity index (χ0v) is 12.2. The maximum absolute atomic E-state index is 5.62. The van der Waals surface area contributed by atoms with Gasteiger partial charge in [0.05, 0.1) is 5.69 Å². The summed E-state index contributed by atoms with van der Waals surface area (Å²) < 4.78 is 0. The molecule has 2 nitrogen and oxygen atoms in total. The Labute approximate surface area is 122 Å². The second-order valence-corrected chi connectivity index (χ2v) is 5.67. The van der Waals surface area contributed by atoms with E-state index < -0.39 is 0 Å². The van der Waals surface area contributed by atoms with E-state index in [1.165, 1.54) is 11.1 Å². The van der Waals surface area contributed by atoms with Crippen LogP contribution in [-0.4, -0.2) is 4.98 Å². The van der Waals surface area contributed by atoms with E-state index in [0.717, 1.165) is 21.8 Å². The Balaban J connectivity index is 1.93. The molecule has 0 saturated carbocycles. The Morgan fingerprint density at radius 1 is 1.05 bits per heavy atom. The molecule has 0 atom stereocenters. The summed E-state index contributed by atoms with van der Waals surface area (Å²) in [6.45, 7) is 2.68. The number of nitrogens with zero attached hydrogens (tertiary/aromatic N) is 1. The smallest absolute Gasteiger partial charge is 0.124 e.